The van der Waals surface area contributed by atoms with Gasteiger partial charge in [-0.05, 0) is 30.0 Å². The Morgan fingerprint density at radius 2 is 2.00 bits per heavy atom. The van der Waals surface area contributed by atoms with Crippen molar-refractivity contribution >= 4 is 11.6 Å². The third kappa shape index (κ3) is 2.64. The molecule has 6 heteroatoms. The number of aliphatic hydroxyl groups excluding tert-OH is 1. The van der Waals surface area contributed by atoms with E-state index in [2.05, 4.69) is 5.32 Å². The highest BCUT2D eigenvalue weighted by molar-refractivity contribution is 5.92. The quantitative estimate of drug-likeness (QED) is 0.814. The SMILES string of the molecule is O=C1CCCc2cc(C(O)C(F)(F)F)ccc2N1. The van der Waals surface area contributed by atoms with Crippen LogP contribution in [-0.4, -0.2) is 17.2 Å². The van der Waals surface area contributed by atoms with Crippen molar-refractivity contribution in [3.8, 4) is 0 Å². The number of fused-ring (bicyclic) bond motifs is 1. The van der Waals surface area contributed by atoms with E-state index < -0.39 is 12.3 Å². The molecule has 1 aromatic rings. The monoisotopic (exact) mass is 259 g/mol. The zero-order valence-corrected chi connectivity index (χ0v) is 9.42. The van der Waals surface area contributed by atoms with Crippen molar-refractivity contribution in [3.05, 3.63) is 29.3 Å². The summed E-state index contributed by atoms with van der Waals surface area (Å²) >= 11 is 0. The van der Waals surface area contributed by atoms with Crippen molar-refractivity contribution in [1.29, 1.82) is 0 Å². The Labute approximate surface area is 102 Å². The van der Waals surface area contributed by atoms with Crippen LogP contribution in [-0.2, 0) is 11.2 Å². The maximum Gasteiger partial charge on any atom is 0.418 e. The van der Waals surface area contributed by atoms with E-state index in [1.165, 1.54) is 18.2 Å². The highest BCUT2D eigenvalue weighted by Crippen LogP contribution is 2.34. The van der Waals surface area contributed by atoms with E-state index in [9.17, 15) is 18.0 Å². The van der Waals surface area contributed by atoms with Crippen LogP contribution in [0.1, 0.15) is 30.1 Å². The zero-order valence-electron chi connectivity index (χ0n) is 9.42. The normalized spacial score (nSPS) is 17.7. The summed E-state index contributed by atoms with van der Waals surface area (Å²) in [6, 6.07) is 3.89. The number of benzene rings is 1. The molecule has 98 valence electrons. The van der Waals surface area contributed by atoms with Gasteiger partial charge in [0.2, 0.25) is 5.91 Å². The second kappa shape index (κ2) is 4.61. The van der Waals surface area contributed by atoms with Crippen LogP contribution in [0.15, 0.2) is 18.2 Å². The van der Waals surface area contributed by atoms with Crippen molar-refractivity contribution < 1.29 is 23.1 Å². The van der Waals surface area contributed by atoms with Crippen molar-refractivity contribution in [3.63, 3.8) is 0 Å². The lowest BCUT2D eigenvalue weighted by Crippen LogP contribution is -2.20. The molecule has 3 nitrogen and oxygen atoms in total. The molecule has 1 aliphatic heterocycles. The van der Waals surface area contributed by atoms with Crippen LogP contribution < -0.4 is 5.32 Å². The number of rotatable bonds is 1. The van der Waals surface area contributed by atoms with Gasteiger partial charge in [0.1, 0.15) is 0 Å². The largest absolute Gasteiger partial charge is 0.418 e. The molecule has 1 unspecified atom stereocenters. The minimum absolute atomic E-state index is 0.141. The Morgan fingerprint density at radius 3 is 2.67 bits per heavy atom. The number of carbonyl (C=O) groups excluding carboxylic acids is 1. The van der Waals surface area contributed by atoms with Crippen LogP contribution in [0.2, 0.25) is 0 Å². The Kier molecular flexibility index (Phi) is 3.30. The van der Waals surface area contributed by atoms with Gasteiger partial charge in [-0.25, -0.2) is 0 Å². The highest BCUT2D eigenvalue weighted by Gasteiger charge is 2.39. The molecule has 18 heavy (non-hydrogen) atoms. The minimum Gasteiger partial charge on any atom is -0.379 e. The standard InChI is InChI=1S/C12H12F3NO2/c13-12(14,15)11(18)8-4-5-9-7(6-8)2-1-3-10(17)16-9/h4-6,11,18H,1-3H2,(H,16,17). The Bertz CT molecular complexity index is 471. The molecule has 0 spiro atoms. The summed E-state index contributed by atoms with van der Waals surface area (Å²) in [6.07, 6.45) is -5.70. The molecule has 1 atom stereocenters. The number of halogens is 3. The van der Waals surface area contributed by atoms with Gasteiger partial charge >= 0.3 is 6.18 Å². The molecule has 0 fully saturated rings. The number of aryl methyl sites for hydroxylation is 1. The molecule has 1 aliphatic rings. The molecular formula is C12H12F3NO2. The summed E-state index contributed by atoms with van der Waals surface area (Å²) in [7, 11) is 0. The fraction of sp³-hybridized carbons (Fsp3) is 0.417. The number of aliphatic hydroxyl groups is 1. The van der Waals surface area contributed by atoms with E-state index in [0.29, 0.717) is 30.5 Å². The predicted octanol–water partition coefficient (Wildman–Crippen LogP) is 2.56. The fourth-order valence-electron chi connectivity index (χ4n) is 1.95. The van der Waals surface area contributed by atoms with E-state index >= 15 is 0 Å². The molecule has 0 radical (unpaired) electrons. The molecule has 0 saturated heterocycles. The van der Waals surface area contributed by atoms with Gasteiger partial charge in [-0.1, -0.05) is 12.1 Å². The average molecular weight is 259 g/mol. The van der Waals surface area contributed by atoms with Gasteiger partial charge in [-0.15, -0.1) is 0 Å². The fourth-order valence-corrected chi connectivity index (χ4v) is 1.95. The number of nitrogens with one attached hydrogen (secondary N) is 1. The highest BCUT2D eigenvalue weighted by atomic mass is 19.4. The minimum atomic E-state index is -4.68. The Morgan fingerprint density at radius 1 is 1.28 bits per heavy atom. The predicted molar refractivity (Wildman–Crippen MR) is 59.0 cm³/mol. The summed E-state index contributed by atoms with van der Waals surface area (Å²) in [5.74, 6) is -0.141. The lowest BCUT2D eigenvalue weighted by Gasteiger charge is -2.16. The second-order valence-electron chi connectivity index (χ2n) is 4.26. The summed E-state index contributed by atoms with van der Waals surface area (Å²) in [4.78, 5) is 11.3. The molecule has 0 aliphatic carbocycles. The van der Waals surface area contributed by atoms with Crippen LogP contribution in [0.4, 0.5) is 18.9 Å². The van der Waals surface area contributed by atoms with Crippen LogP contribution in [0, 0.1) is 0 Å². The average Bonchev–Trinajstić information content (AvgIpc) is 2.46. The van der Waals surface area contributed by atoms with E-state index in [0.717, 1.165) is 0 Å². The maximum absolute atomic E-state index is 12.4. The van der Waals surface area contributed by atoms with Crippen LogP contribution >= 0.6 is 0 Å². The molecule has 0 saturated carbocycles. The van der Waals surface area contributed by atoms with Crippen molar-refractivity contribution in [2.24, 2.45) is 0 Å². The summed E-state index contributed by atoms with van der Waals surface area (Å²) in [5, 5.41) is 11.8. The van der Waals surface area contributed by atoms with E-state index in [-0.39, 0.29) is 11.5 Å². The Balaban J connectivity index is 2.32. The molecule has 2 rings (SSSR count). The third-order valence-electron chi connectivity index (χ3n) is 2.88. The van der Waals surface area contributed by atoms with Crippen LogP contribution in [0.3, 0.4) is 0 Å². The first kappa shape index (κ1) is 12.9. The molecule has 1 heterocycles. The topological polar surface area (TPSA) is 49.3 Å². The number of hydrogen-bond donors (Lipinski definition) is 2. The number of amides is 1. The molecule has 1 aromatic carbocycles. The van der Waals surface area contributed by atoms with Gasteiger partial charge < -0.3 is 10.4 Å². The van der Waals surface area contributed by atoms with Gasteiger partial charge in [-0.3, -0.25) is 4.79 Å². The van der Waals surface area contributed by atoms with Gasteiger partial charge in [0, 0.05) is 12.1 Å². The third-order valence-corrected chi connectivity index (χ3v) is 2.88. The summed E-state index contributed by atoms with van der Waals surface area (Å²) in [5.41, 5.74) is 0.953. The van der Waals surface area contributed by atoms with Gasteiger partial charge in [0.25, 0.3) is 0 Å². The van der Waals surface area contributed by atoms with Crippen LogP contribution in [0.5, 0.6) is 0 Å². The second-order valence-corrected chi connectivity index (χ2v) is 4.26. The van der Waals surface area contributed by atoms with Gasteiger partial charge in [0.15, 0.2) is 6.10 Å². The van der Waals surface area contributed by atoms with Crippen molar-refractivity contribution in [2.45, 2.75) is 31.5 Å². The van der Waals surface area contributed by atoms with E-state index in [1.54, 1.807) is 0 Å². The molecule has 1 amide bonds. The summed E-state index contributed by atoms with van der Waals surface area (Å²) < 4.78 is 37.2. The van der Waals surface area contributed by atoms with Crippen LogP contribution in [0.25, 0.3) is 0 Å². The zero-order chi connectivity index (χ0) is 13.3. The first-order valence-electron chi connectivity index (χ1n) is 5.55. The van der Waals surface area contributed by atoms with Crippen molar-refractivity contribution in [2.75, 3.05) is 5.32 Å². The number of carbonyl (C=O) groups is 1. The maximum atomic E-state index is 12.4. The van der Waals surface area contributed by atoms with E-state index in [4.69, 9.17) is 5.11 Å². The first-order valence-corrected chi connectivity index (χ1v) is 5.55. The molecule has 0 aromatic heterocycles. The smallest absolute Gasteiger partial charge is 0.379 e. The lowest BCUT2D eigenvalue weighted by molar-refractivity contribution is -0.206. The number of hydrogen-bond acceptors (Lipinski definition) is 2. The Hall–Kier alpha value is -1.56. The van der Waals surface area contributed by atoms with Gasteiger partial charge in [0.05, 0.1) is 0 Å². The van der Waals surface area contributed by atoms with E-state index in [1.807, 2.05) is 0 Å². The van der Waals surface area contributed by atoms with Crippen molar-refractivity contribution in [1.82, 2.24) is 0 Å². The first-order chi connectivity index (χ1) is 8.38. The number of anilines is 1. The van der Waals surface area contributed by atoms with Gasteiger partial charge in [-0.2, -0.15) is 13.2 Å². The number of alkyl halides is 3. The molecule has 2 N–H and O–H groups in total. The lowest BCUT2D eigenvalue weighted by atomic mass is 10.0. The summed E-state index contributed by atoms with van der Waals surface area (Å²) in [6.45, 7) is 0. The molecule has 0 bridgehead atoms. The molecular weight excluding hydrogens is 247 g/mol.